The predicted octanol–water partition coefficient (Wildman–Crippen LogP) is 3.96. The molecule has 0 saturated carbocycles. The van der Waals surface area contributed by atoms with Crippen molar-refractivity contribution < 1.29 is 14.5 Å². The highest BCUT2D eigenvalue weighted by atomic mass is 35.5. The van der Waals surface area contributed by atoms with Gasteiger partial charge in [-0.3, -0.25) is 14.9 Å². The molecule has 120 valence electrons. The van der Waals surface area contributed by atoms with Gasteiger partial charge in [-0.1, -0.05) is 23.7 Å². The number of non-ortho nitro benzene ring substituents is 1. The van der Waals surface area contributed by atoms with Crippen LogP contribution in [0.3, 0.4) is 0 Å². The maximum Gasteiger partial charge on any atom is 0.271 e. The number of nitro groups is 1. The Morgan fingerprint density at radius 1 is 1.30 bits per heavy atom. The highest BCUT2D eigenvalue weighted by Crippen LogP contribution is 2.23. The van der Waals surface area contributed by atoms with Gasteiger partial charge in [-0.05, 0) is 37.6 Å². The molecule has 0 heterocycles. The molecule has 1 unspecified atom stereocenters. The summed E-state index contributed by atoms with van der Waals surface area (Å²) in [6.07, 6.45) is -0.785. The fourth-order valence-corrected chi connectivity index (χ4v) is 2.07. The average Bonchev–Trinajstić information content (AvgIpc) is 2.49. The van der Waals surface area contributed by atoms with Crippen LogP contribution in [0.25, 0.3) is 0 Å². The lowest BCUT2D eigenvalue weighted by Gasteiger charge is -2.15. The first-order valence-electron chi connectivity index (χ1n) is 6.85. The minimum absolute atomic E-state index is 0.0886. The normalized spacial score (nSPS) is 11.6. The summed E-state index contributed by atoms with van der Waals surface area (Å²) in [5.74, 6) is 0.0597. The summed E-state index contributed by atoms with van der Waals surface area (Å²) in [6, 6.07) is 11.0. The van der Waals surface area contributed by atoms with Crippen LogP contribution in [0.2, 0.25) is 5.02 Å². The zero-order valence-electron chi connectivity index (χ0n) is 12.6. The van der Waals surface area contributed by atoms with E-state index in [4.69, 9.17) is 16.3 Å². The minimum atomic E-state index is -0.785. The van der Waals surface area contributed by atoms with Gasteiger partial charge in [-0.15, -0.1) is 0 Å². The van der Waals surface area contributed by atoms with Crippen molar-refractivity contribution in [2.75, 3.05) is 5.32 Å². The first-order valence-corrected chi connectivity index (χ1v) is 7.23. The van der Waals surface area contributed by atoms with E-state index >= 15 is 0 Å². The highest BCUT2D eigenvalue weighted by Gasteiger charge is 2.17. The van der Waals surface area contributed by atoms with E-state index in [-0.39, 0.29) is 5.69 Å². The molecule has 0 aliphatic heterocycles. The third-order valence-electron chi connectivity index (χ3n) is 3.17. The van der Waals surface area contributed by atoms with Crippen LogP contribution in [0.4, 0.5) is 11.4 Å². The fraction of sp³-hybridized carbons (Fsp3) is 0.188. The quantitative estimate of drug-likeness (QED) is 0.662. The average molecular weight is 335 g/mol. The zero-order chi connectivity index (χ0) is 17.0. The van der Waals surface area contributed by atoms with Crippen LogP contribution in [0.15, 0.2) is 42.5 Å². The molecule has 0 saturated heterocycles. The molecule has 1 atom stereocenters. The second kappa shape index (κ2) is 7.11. The summed E-state index contributed by atoms with van der Waals surface area (Å²) >= 11 is 5.86. The van der Waals surface area contributed by atoms with Crippen LogP contribution in [-0.4, -0.2) is 16.9 Å². The van der Waals surface area contributed by atoms with Crippen molar-refractivity contribution in [3.63, 3.8) is 0 Å². The second-order valence-corrected chi connectivity index (χ2v) is 5.40. The number of carbonyl (C=O) groups is 1. The number of benzene rings is 2. The number of anilines is 1. The molecule has 0 aliphatic carbocycles. The molecule has 2 aromatic carbocycles. The monoisotopic (exact) mass is 334 g/mol. The molecule has 6 nitrogen and oxygen atoms in total. The fourth-order valence-electron chi connectivity index (χ4n) is 1.89. The smallest absolute Gasteiger partial charge is 0.271 e. The van der Waals surface area contributed by atoms with E-state index in [1.807, 2.05) is 0 Å². The Labute approximate surface area is 138 Å². The number of halogens is 1. The number of carbonyl (C=O) groups excluding carboxylic acids is 1. The highest BCUT2D eigenvalue weighted by molar-refractivity contribution is 6.30. The zero-order valence-corrected chi connectivity index (χ0v) is 13.3. The molecule has 0 aromatic heterocycles. The van der Waals surface area contributed by atoms with Crippen molar-refractivity contribution in [2.24, 2.45) is 0 Å². The molecular formula is C16H15ClN2O4. The minimum Gasteiger partial charge on any atom is -0.481 e. The van der Waals surface area contributed by atoms with Crippen LogP contribution in [0.5, 0.6) is 5.75 Å². The van der Waals surface area contributed by atoms with Crippen LogP contribution in [0.1, 0.15) is 12.5 Å². The van der Waals surface area contributed by atoms with Gasteiger partial charge >= 0.3 is 0 Å². The van der Waals surface area contributed by atoms with Crippen molar-refractivity contribution in [1.82, 2.24) is 0 Å². The van der Waals surface area contributed by atoms with Gasteiger partial charge < -0.3 is 10.1 Å². The Balaban J connectivity index is 2.09. The van der Waals surface area contributed by atoms with Crippen molar-refractivity contribution in [3.05, 3.63) is 63.2 Å². The molecule has 0 spiro atoms. The lowest BCUT2D eigenvalue weighted by Crippen LogP contribution is -2.30. The molecule has 0 fully saturated rings. The van der Waals surface area contributed by atoms with Crippen LogP contribution in [0, 0.1) is 17.0 Å². The summed E-state index contributed by atoms with van der Waals surface area (Å²) in [5.41, 5.74) is 1.01. The molecular weight excluding hydrogens is 320 g/mol. The Kier molecular flexibility index (Phi) is 5.18. The molecule has 0 radical (unpaired) electrons. The molecule has 2 aromatic rings. The van der Waals surface area contributed by atoms with Gasteiger partial charge in [0.15, 0.2) is 6.10 Å². The molecule has 0 bridgehead atoms. The topological polar surface area (TPSA) is 81.5 Å². The van der Waals surface area contributed by atoms with Crippen LogP contribution in [-0.2, 0) is 4.79 Å². The van der Waals surface area contributed by atoms with Gasteiger partial charge in [0, 0.05) is 17.2 Å². The first kappa shape index (κ1) is 16.8. The van der Waals surface area contributed by atoms with Crippen LogP contribution < -0.4 is 10.1 Å². The van der Waals surface area contributed by atoms with Gasteiger partial charge in [-0.25, -0.2) is 0 Å². The Hall–Kier alpha value is -2.60. The van der Waals surface area contributed by atoms with Crippen molar-refractivity contribution in [2.45, 2.75) is 20.0 Å². The van der Waals surface area contributed by atoms with E-state index in [0.29, 0.717) is 16.5 Å². The Bertz CT molecular complexity index is 749. The van der Waals surface area contributed by atoms with Crippen molar-refractivity contribution in [3.8, 4) is 5.75 Å². The summed E-state index contributed by atoms with van der Waals surface area (Å²) in [6.45, 7) is 3.34. The van der Waals surface area contributed by atoms with E-state index in [1.54, 1.807) is 44.2 Å². The number of amides is 1. The van der Waals surface area contributed by atoms with E-state index in [1.165, 1.54) is 12.1 Å². The van der Waals surface area contributed by atoms with E-state index < -0.39 is 16.9 Å². The van der Waals surface area contributed by atoms with Gasteiger partial charge in [0.05, 0.1) is 10.6 Å². The predicted molar refractivity (Wildman–Crippen MR) is 88.0 cm³/mol. The molecule has 2 rings (SSSR count). The molecule has 1 N–H and O–H groups in total. The summed E-state index contributed by atoms with van der Waals surface area (Å²) in [4.78, 5) is 22.5. The SMILES string of the molecule is Cc1ccc([N+](=O)[O-])cc1NC(=O)C(C)Oc1cccc(Cl)c1. The molecule has 1 amide bonds. The van der Waals surface area contributed by atoms with E-state index in [0.717, 1.165) is 5.56 Å². The maximum absolute atomic E-state index is 12.2. The number of nitrogens with one attached hydrogen (secondary N) is 1. The van der Waals surface area contributed by atoms with Gasteiger partial charge in [0.2, 0.25) is 0 Å². The lowest BCUT2D eigenvalue weighted by molar-refractivity contribution is -0.384. The molecule has 23 heavy (non-hydrogen) atoms. The molecule has 0 aliphatic rings. The number of hydrogen-bond acceptors (Lipinski definition) is 4. The number of nitro benzene ring substituents is 1. The van der Waals surface area contributed by atoms with Gasteiger partial charge in [0.25, 0.3) is 11.6 Å². The number of ether oxygens (including phenoxy) is 1. The summed E-state index contributed by atoms with van der Waals surface area (Å²) in [5, 5.41) is 14.0. The maximum atomic E-state index is 12.2. The Morgan fingerprint density at radius 3 is 2.70 bits per heavy atom. The number of hydrogen-bond donors (Lipinski definition) is 1. The first-order chi connectivity index (χ1) is 10.9. The summed E-state index contributed by atoms with van der Waals surface area (Å²) in [7, 11) is 0. The molecule has 7 heteroatoms. The number of rotatable bonds is 5. The Morgan fingerprint density at radius 2 is 2.04 bits per heavy atom. The van der Waals surface area contributed by atoms with Crippen molar-refractivity contribution >= 4 is 28.9 Å². The third-order valence-corrected chi connectivity index (χ3v) is 3.40. The van der Waals surface area contributed by atoms with E-state index in [9.17, 15) is 14.9 Å². The largest absolute Gasteiger partial charge is 0.481 e. The third kappa shape index (κ3) is 4.43. The standard InChI is InChI=1S/C16H15ClN2O4/c1-10-6-7-13(19(21)22)9-15(10)18-16(20)11(2)23-14-5-3-4-12(17)8-14/h3-9,11H,1-2H3,(H,18,20). The van der Waals surface area contributed by atoms with E-state index in [2.05, 4.69) is 5.32 Å². The second-order valence-electron chi connectivity index (χ2n) is 4.96. The lowest BCUT2D eigenvalue weighted by atomic mass is 10.1. The van der Waals surface area contributed by atoms with Crippen LogP contribution >= 0.6 is 11.6 Å². The number of aryl methyl sites for hydroxylation is 1. The summed E-state index contributed by atoms with van der Waals surface area (Å²) < 4.78 is 5.52. The van der Waals surface area contributed by atoms with Gasteiger partial charge in [0.1, 0.15) is 5.75 Å². The van der Waals surface area contributed by atoms with Gasteiger partial charge in [-0.2, -0.15) is 0 Å². The number of nitrogens with zero attached hydrogens (tertiary/aromatic N) is 1. The van der Waals surface area contributed by atoms with Crippen molar-refractivity contribution in [1.29, 1.82) is 0 Å².